The molecule has 2 unspecified atom stereocenters. The lowest BCUT2D eigenvalue weighted by Gasteiger charge is -2.29. The van der Waals surface area contributed by atoms with Gasteiger partial charge in [-0.25, -0.2) is 0 Å². The summed E-state index contributed by atoms with van der Waals surface area (Å²) in [5, 5.41) is 0. The monoisotopic (exact) mass is 278 g/mol. The molecule has 0 bridgehead atoms. The molecule has 0 aliphatic heterocycles. The highest BCUT2D eigenvalue weighted by atomic mass is 28.4. The van der Waals surface area contributed by atoms with Crippen LogP contribution < -0.4 is 11.5 Å². The number of hydrogen-bond acceptors (Lipinski definition) is 5. The van der Waals surface area contributed by atoms with E-state index in [1.165, 1.54) is 0 Å². The summed E-state index contributed by atoms with van der Waals surface area (Å²) in [7, 11) is -2.47. The van der Waals surface area contributed by atoms with E-state index in [9.17, 15) is 0 Å². The Kier molecular flexibility index (Phi) is 9.89. The number of rotatable bonds is 11. The highest BCUT2D eigenvalue weighted by Gasteiger charge is 2.35. The van der Waals surface area contributed by atoms with Gasteiger partial charge in [0.2, 0.25) is 0 Å². The molecule has 2 atom stereocenters. The molecule has 0 amide bonds. The molecule has 6 heteroatoms. The van der Waals surface area contributed by atoms with Gasteiger partial charge in [0.25, 0.3) is 0 Å². The Morgan fingerprint density at radius 3 is 2.06 bits per heavy atom. The summed E-state index contributed by atoms with van der Waals surface area (Å²) in [6, 6.07) is 0.160. The minimum absolute atomic E-state index is 0.101. The first-order valence-corrected chi connectivity index (χ1v) is 9.11. The average Bonchev–Trinajstić information content (AvgIpc) is 2.27. The summed E-state index contributed by atoms with van der Waals surface area (Å²) in [6.45, 7) is 9.75. The summed E-state index contributed by atoms with van der Waals surface area (Å²) in [5.41, 5.74) is 11.4. The maximum Gasteiger partial charge on any atom is 0.497 e. The van der Waals surface area contributed by atoms with Crippen LogP contribution in [0.15, 0.2) is 0 Å². The normalized spacial score (nSPS) is 15.7. The van der Waals surface area contributed by atoms with Crippen molar-refractivity contribution in [2.24, 2.45) is 11.5 Å². The van der Waals surface area contributed by atoms with E-state index in [4.69, 9.17) is 24.7 Å². The maximum absolute atomic E-state index is 5.95. The van der Waals surface area contributed by atoms with E-state index in [0.717, 1.165) is 19.3 Å². The van der Waals surface area contributed by atoms with Crippen molar-refractivity contribution in [1.29, 1.82) is 0 Å². The largest absolute Gasteiger partial charge is 0.497 e. The van der Waals surface area contributed by atoms with Gasteiger partial charge in [-0.05, 0) is 46.6 Å². The molecule has 0 rings (SSSR count). The van der Waals surface area contributed by atoms with Gasteiger partial charge in [-0.3, -0.25) is 0 Å². The van der Waals surface area contributed by atoms with Crippen LogP contribution in [0.1, 0.15) is 40.0 Å². The Morgan fingerprint density at radius 1 is 1.06 bits per heavy atom. The zero-order valence-electron chi connectivity index (χ0n) is 12.3. The lowest BCUT2D eigenvalue weighted by molar-refractivity contribution is 0.0403. The molecule has 18 heavy (non-hydrogen) atoms. The minimum atomic E-state index is -2.47. The second-order valence-corrected chi connectivity index (χ2v) is 7.11. The molecule has 0 aromatic carbocycles. The third-order valence-electron chi connectivity index (χ3n) is 2.71. The lowest BCUT2D eigenvalue weighted by atomic mass is 10.1. The van der Waals surface area contributed by atoms with Crippen LogP contribution in [-0.2, 0) is 13.3 Å². The zero-order chi connectivity index (χ0) is 14.0. The molecule has 0 fully saturated rings. The first-order valence-electron chi connectivity index (χ1n) is 6.88. The average molecular weight is 278 g/mol. The van der Waals surface area contributed by atoms with Crippen LogP contribution in [0.25, 0.3) is 0 Å². The van der Waals surface area contributed by atoms with Crippen molar-refractivity contribution in [3.8, 4) is 0 Å². The molecule has 0 radical (unpaired) electrons. The van der Waals surface area contributed by atoms with Crippen LogP contribution in [0, 0.1) is 0 Å². The van der Waals surface area contributed by atoms with E-state index in [-0.39, 0.29) is 12.1 Å². The third-order valence-corrected chi connectivity index (χ3v) is 5.17. The Morgan fingerprint density at radius 2 is 1.61 bits per heavy atom. The molecule has 4 N–H and O–H groups in total. The van der Waals surface area contributed by atoms with Crippen LogP contribution in [0.3, 0.4) is 0 Å². The highest BCUT2D eigenvalue weighted by Crippen LogP contribution is 2.15. The van der Waals surface area contributed by atoms with Crippen molar-refractivity contribution in [3.63, 3.8) is 0 Å². The first kappa shape index (κ1) is 18.0. The predicted octanol–water partition coefficient (Wildman–Crippen LogP) is 1.49. The van der Waals surface area contributed by atoms with Gasteiger partial charge in [0, 0.05) is 31.9 Å². The molecule has 0 aromatic heterocycles. The molecule has 0 spiro atoms. The first-order chi connectivity index (χ1) is 8.47. The molecule has 110 valence electrons. The van der Waals surface area contributed by atoms with Crippen molar-refractivity contribution in [3.05, 3.63) is 0 Å². The fourth-order valence-corrected chi connectivity index (χ4v) is 3.98. The molecule has 0 saturated carbocycles. The summed E-state index contributed by atoms with van der Waals surface area (Å²) < 4.78 is 17.2. The van der Waals surface area contributed by atoms with Crippen molar-refractivity contribution >= 4 is 8.80 Å². The smallest absolute Gasteiger partial charge is 0.374 e. The van der Waals surface area contributed by atoms with E-state index in [0.29, 0.717) is 19.8 Å². The number of nitrogens with two attached hydrogens (primary N) is 2. The topological polar surface area (TPSA) is 79.7 Å². The highest BCUT2D eigenvalue weighted by molar-refractivity contribution is 6.59. The Balaban J connectivity index is 4.05. The van der Waals surface area contributed by atoms with Crippen molar-refractivity contribution in [2.45, 2.75) is 58.7 Å². The van der Waals surface area contributed by atoms with Gasteiger partial charge in [-0.1, -0.05) is 0 Å². The van der Waals surface area contributed by atoms with Crippen molar-refractivity contribution < 1.29 is 13.3 Å². The van der Waals surface area contributed by atoms with Gasteiger partial charge >= 0.3 is 8.80 Å². The van der Waals surface area contributed by atoms with E-state index in [1.807, 2.05) is 27.3 Å². The fraction of sp³-hybridized carbons (Fsp3) is 1.00. The van der Waals surface area contributed by atoms with Gasteiger partial charge in [-0.2, -0.15) is 0 Å². The standard InChI is InChI=1S/C12H30N2O3Si/c1-5-15-18(4,16-6-2)17-11(3)7-8-12(14)9-10-13/h11-12H,5-10,13-14H2,1-4H3. The molecule has 0 aliphatic carbocycles. The quantitative estimate of drug-likeness (QED) is 0.560. The summed E-state index contributed by atoms with van der Waals surface area (Å²) in [6.07, 6.45) is 2.78. The second kappa shape index (κ2) is 9.88. The van der Waals surface area contributed by atoms with E-state index in [2.05, 4.69) is 0 Å². The maximum atomic E-state index is 5.95. The van der Waals surface area contributed by atoms with E-state index < -0.39 is 8.80 Å². The summed E-state index contributed by atoms with van der Waals surface area (Å²) in [5.74, 6) is 0. The molecule has 0 aromatic rings. The number of hydrogen-bond donors (Lipinski definition) is 2. The van der Waals surface area contributed by atoms with E-state index >= 15 is 0 Å². The predicted molar refractivity (Wildman–Crippen MR) is 76.3 cm³/mol. The summed E-state index contributed by atoms with van der Waals surface area (Å²) in [4.78, 5) is 0. The molecule has 0 heterocycles. The van der Waals surface area contributed by atoms with Gasteiger partial charge in [0.05, 0.1) is 0 Å². The zero-order valence-corrected chi connectivity index (χ0v) is 13.3. The van der Waals surface area contributed by atoms with E-state index in [1.54, 1.807) is 0 Å². The third kappa shape index (κ3) is 8.18. The molecule has 5 nitrogen and oxygen atoms in total. The van der Waals surface area contributed by atoms with Gasteiger partial charge in [-0.15, -0.1) is 0 Å². The van der Waals surface area contributed by atoms with Gasteiger partial charge in [0.15, 0.2) is 0 Å². The Labute approximate surface area is 113 Å². The van der Waals surface area contributed by atoms with Crippen molar-refractivity contribution in [1.82, 2.24) is 0 Å². The van der Waals surface area contributed by atoms with Crippen LogP contribution in [-0.4, -0.2) is 40.7 Å². The van der Waals surface area contributed by atoms with Crippen LogP contribution in [0.5, 0.6) is 0 Å². The SMILES string of the molecule is CCO[Si](C)(OCC)OC(C)CCC(N)CCN. The van der Waals surface area contributed by atoms with Crippen LogP contribution >= 0.6 is 0 Å². The molecular weight excluding hydrogens is 248 g/mol. The Bertz CT molecular complexity index is 202. The van der Waals surface area contributed by atoms with Crippen molar-refractivity contribution in [2.75, 3.05) is 19.8 Å². The second-order valence-electron chi connectivity index (χ2n) is 4.57. The lowest BCUT2D eigenvalue weighted by Crippen LogP contribution is -2.45. The minimum Gasteiger partial charge on any atom is -0.374 e. The Hall–Kier alpha value is 0.0169. The summed E-state index contributed by atoms with van der Waals surface area (Å²) >= 11 is 0. The fourth-order valence-electron chi connectivity index (χ4n) is 1.87. The van der Waals surface area contributed by atoms with Crippen LogP contribution in [0.2, 0.25) is 6.55 Å². The molecule has 0 saturated heterocycles. The van der Waals surface area contributed by atoms with Crippen LogP contribution in [0.4, 0.5) is 0 Å². The molecule has 0 aliphatic rings. The van der Waals surface area contributed by atoms with Gasteiger partial charge in [0.1, 0.15) is 0 Å². The van der Waals surface area contributed by atoms with Gasteiger partial charge < -0.3 is 24.7 Å². The molecular formula is C12H30N2O3Si.